The Hall–Kier alpha value is -1.83. The van der Waals surface area contributed by atoms with Crippen LogP contribution in [-0.2, 0) is 0 Å². The zero-order valence-electron chi connectivity index (χ0n) is 11.1. The van der Waals surface area contributed by atoms with Crippen LogP contribution >= 0.6 is 0 Å². The Balaban J connectivity index is 2.41. The second-order valence-corrected chi connectivity index (χ2v) is 4.68. The van der Waals surface area contributed by atoms with Crippen molar-refractivity contribution < 1.29 is 9.53 Å². The van der Waals surface area contributed by atoms with Gasteiger partial charge in [-0.2, -0.15) is 0 Å². The quantitative estimate of drug-likeness (QED) is 0.755. The summed E-state index contributed by atoms with van der Waals surface area (Å²) in [6, 6.07) is 11.8. The maximum Gasteiger partial charge on any atom is 0.165 e. The molecule has 0 radical (unpaired) electrons. The van der Waals surface area contributed by atoms with E-state index in [2.05, 4.69) is 0 Å². The van der Waals surface area contributed by atoms with E-state index in [-0.39, 0.29) is 11.7 Å². The molecule has 18 heavy (non-hydrogen) atoms. The molecule has 0 amide bonds. The highest BCUT2D eigenvalue weighted by atomic mass is 16.5. The number of carbonyl (C=O) groups is 1. The molecule has 0 saturated carbocycles. The number of hydrogen-bond acceptors (Lipinski definition) is 2. The van der Waals surface area contributed by atoms with Crippen molar-refractivity contribution >= 4 is 16.6 Å². The molecule has 94 valence electrons. The maximum absolute atomic E-state index is 11.9. The summed E-state index contributed by atoms with van der Waals surface area (Å²) in [5.41, 5.74) is 0.779. The highest BCUT2D eigenvalue weighted by Crippen LogP contribution is 2.23. The largest absolute Gasteiger partial charge is 0.494 e. The highest BCUT2D eigenvalue weighted by molar-refractivity contribution is 6.01. The second-order valence-electron chi connectivity index (χ2n) is 4.68. The van der Waals surface area contributed by atoms with E-state index >= 15 is 0 Å². The number of fused-ring (bicyclic) bond motifs is 1. The third kappa shape index (κ3) is 2.53. The van der Waals surface area contributed by atoms with Gasteiger partial charge >= 0.3 is 0 Å². The van der Waals surface area contributed by atoms with Crippen molar-refractivity contribution in [1.29, 1.82) is 0 Å². The topological polar surface area (TPSA) is 26.3 Å². The Labute approximate surface area is 108 Å². The fraction of sp³-hybridized carbons (Fsp3) is 0.312. The molecule has 2 heteroatoms. The molecule has 0 N–H and O–H groups in total. The predicted molar refractivity (Wildman–Crippen MR) is 74.3 cm³/mol. The number of ether oxygens (including phenoxy) is 1. The van der Waals surface area contributed by atoms with Gasteiger partial charge in [0.05, 0.1) is 6.61 Å². The molecule has 0 atom stereocenters. The van der Waals surface area contributed by atoms with E-state index in [4.69, 9.17) is 4.74 Å². The van der Waals surface area contributed by atoms with Gasteiger partial charge in [-0.25, -0.2) is 0 Å². The number of ketones is 1. The van der Waals surface area contributed by atoms with Gasteiger partial charge in [-0.1, -0.05) is 32.0 Å². The summed E-state index contributed by atoms with van der Waals surface area (Å²) in [4.78, 5) is 11.9. The second kappa shape index (κ2) is 5.21. The molecule has 0 heterocycles. The van der Waals surface area contributed by atoms with Crippen molar-refractivity contribution in [3.63, 3.8) is 0 Å². The maximum atomic E-state index is 11.9. The first-order chi connectivity index (χ1) is 8.61. The molecule has 0 aliphatic carbocycles. The lowest BCUT2D eigenvalue weighted by molar-refractivity contribution is 0.0939. The summed E-state index contributed by atoms with van der Waals surface area (Å²) < 4.78 is 5.46. The SMILES string of the molecule is CCOc1ccc2cc(C(=O)C(C)C)ccc2c1. The van der Waals surface area contributed by atoms with Crippen LogP contribution < -0.4 is 4.74 Å². The van der Waals surface area contributed by atoms with E-state index in [1.54, 1.807) is 0 Å². The smallest absolute Gasteiger partial charge is 0.165 e. The van der Waals surface area contributed by atoms with Crippen LogP contribution in [0.3, 0.4) is 0 Å². The number of hydrogen-bond donors (Lipinski definition) is 0. The predicted octanol–water partition coefficient (Wildman–Crippen LogP) is 4.08. The zero-order chi connectivity index (χ0) is 13.1. The van der Waals surface area contributed by atoms with Crippen LogP contribution in [0.4, 0.5) is 0 Å². The van der Waals surface area contributed by atoms with Crippen LogP contribution in [-0.4, -0.2) is 12.4 Å². The molecule has 0 unspecified atom stereocenters. The molecule has 2 aromatic rings. The van der Waals surface area contributed by atoms with Gasteiger partial charge in [0.1, 0.15) is 5.75 Å². The number of rotatable bonds is 4. The average Bonchev–Trinajstić information content (AvgIpc) is 2.37. The number of carbonyl (C=O) groups excluding carboxylic acids is 1. The van der Waals surface area contributed by atoms with E-state index < -0.39 is 0 Å². The van der Waals surface area contributed by atoms with Crippen LogP contribution in [0.5, 0.6) is 5.75 Å². The molecular weight excluding hydrogens is 224 g/mol. The summed E-state index contributed by atoms with van der Waals surface area (Å²) in [5, 5.41) is 2.17. The minimum atomic E-state index is 0.0325. The first kappa shape index (κ1) is 12.6. The van der Waals surface area contributed by atoms with Crippen molar-refractivity contribution in [2.45, 2.75) is 20.8 Å². The zero-order valence-corrected chi connectivity index (χ0v) is 11.1. The van der Waals surface area contributed by atoms with Crippen LogP contribution in [0.15, 0.2) is 36.4 Å². The Morgan fingerprint density at radius 1 is 1.11 bits per heavy atom. The van der Waals surface area contributed by atoms with Gasteiger partial charge in [0.25, 0.3) is 0 Å². The van der Waals surface area contributed by atoms with Gasteiger partial charge in [0.2, 0.25) is 0 Å². The van der Waals surface area contributed by atoms with Crippen molar-refractivity contribution in [3.05, 3.63) is 42.0 Å². The van der Waals surface area contributed by atoms with Gasteiger partial charge in [-0.3, -0.25) is 4.79 Å². The molecule has 0 aliphatic heterocycles. The minimum Gasteiger partial charge on any atom is -0.494 e. The van der Waals surface area contributed by atoms with E-state index in [0.29, 0.717) is 6.61 Å². The lowest BCUT2D eigenvalue weighted by Crippen LogP contribution is -2.06. The molecule has 2 aromatic carbocycles. The summed E-state index contributed by atoms with van der Waals surface area (Å²) in [5.74, 6) is 1.09. The average molecular weight is 242 g/mol. The molecule has 2 rings (SSSR count). The first-order valence-corrected chi connectivity index (χ1v) is 6.32. The summed E-state index contributed by atoms with van der Waals surface area (Å²) in [6.07, 6.45) is 0. The molecule has 0 saturated heterocycles. The van der Waals surface area contributed by atoms with Gasteiger partial charge in [-0.05, 0) is 35.9 Å². The normalized spacial score (nSPS) is 10.9. The third-order valence-corrected chi connectivity index (χ3v) is 2.93. The van der Waals surface area contributed by atoms with Gasteiger partial charge in [0, 0.05) is 11.5 Å². The lowest BCUT2D eigenvalue weighted by Gasteiger charge is -2.07. The molecule has 2 nitrogen and oxygen atoms in total. The standard InChI is InChI=1S/C16H18O2/c1-4-18-15-8-7-12-9-14(16(17)11(2)3)6-5-13(12)10-15/h5-11H,4H2,1-3H3. The Bertz CT molecular complexity index is 570. The monoisotopic (exact) mass is 242 g/mol. The van der Waals surface area contributed by atoms with Crippen LogP contribution in [0.25, 0.3) is 10.8 Å². The molecule has 0 fully saturated rings. The Morgan fingerprint density at radius 2 is 1.78 bits per heavy atom. The van der Waals surface area contributed by atoms with E-state index in [9.17, 15) is 4.79 Å². The van der Waals surface area contributed by atoms with E-state index in [1.165, 1.54) is 0 Å². The molecular formula is C16H18O2. The number of Topliss-reactive ketones (excluding diaryl/α,β-unsaturated/α-hetero) is 1. The van der Waals surface area contributed by atoms with Crippen LogP contribution in [0, 0.1) is 5.92 Å². The lowest BCUT2D eigenvalue weighted by atomic mass is 9.98. The third-order valence-electron chi connectivity index (χ3n) is 2.93. The summed E-state index contributed by atoms with van der Waals surface area (Å²) in [7, 11) is 0. The molecule has 0 spiro atoms. The van der Waals surface area contributed by atoms with Crippen molar-refractivity contribution in [1.82, 2.24) is 0 Å². The fourth-order valence-electron chi connectivity index (χ4n) is 1.97. The highest BCUT2D eigenvalue weighted by Gasteiger charge is 2.10. The molecule has 0 aromatic heterocycles. The summed E-state index contributed by atoms with van der Waals surface area (Å²) in [6.45, 7) is 6.47. The summed E-state index contributed by atoms with van der Waals surface area (Å²) >= 11 is 0. The van der Waals surface area contributed by atoms with Gasteiger partial charge < -0.3 is 4.74 Å². The molecule has 0 aliphatic rings. The van der Waals surface area contributed by atoms with E-state index in [1.807, 2.05) is 57.2 Å². The van der Waals surface area contributed by atoms with Crippen molar-refractivity contribution in [2.75, 3.05) is 6.61 Å². The van der Waals surface area contributed by atoms with E-state index in [0.717, 1.165) is 22.1 Å². The van der Waals surface area contributed by atoms with Crippen LogP contribution in [0.1, 0.15) is 31.1 Å². The van der Waals surface area contributed by atoms with Crippen molar-refractivity contribution in [3.8, 4) is 5.75 Å². The minimum absolute atomic E-state index is 0.0325. The first-order valence-electron chi connectivity index (χ1n) is 6.32. The Kier molecular flexibility index (Phi) is 3.66. The fourth-order valence-corrected chi connectivity index (χ4v) is 1.97. The van der Waals surface area contributed by atoms with Gasteiger partial charge in [-0.15, -0.1) is 0 Å². The molecule has 0 bridgehead atoms. The Morgan fingerprint density at radius 3 is 2.44 bits per heavy atom. The number of benzene rings is 2. The van der Waals surface area contributed by atoms with Crippen molar-refractivity contribution in [2.24, 2.45) is 5.92 Å². The van der Waals surface area contributed by atoms with Gasteiger partial charge in [0.15, 0.2) is 5.78 Å². The van der Waals surface area contributed by atoms with Crippen LogP contribution in [0.2, 0.25) is 0 Å².